The maximum Gasteiger partial charge on any atom is 0.269 e. The molecule has 1 aromatic carbocycles. The second kappa shape index (κ2) is 7.49. The number of carbonyl (C=O) groups excluding carboxylic acids is 2. The number of benzene rings is 1. The molecule has 1 saturated carbocycles. The third kappa shape index (κ3) is 3.52. The Kier molecular flexibility index (Phi) is 4.74. The number of rotatable bonds is 4. The molecule has 2 N–H and O–H groups in total. The molecule has 7 heteroatoms. The van der Waals surface area contributed by atoms with E-state index in [0.717, 1.165) is 47.2 Å². The van der Waals surface area contributed by atoms with E-state index in [1.165, 1.54) is 12.8 Å². The minimum atomic E-state index is -0.661. The summed E-state index contributed by atoms with van der Waals surface area (Å²) in [6.45, 7) is 2.61. The molecule has 0 spiro atoms. The van der Waals surface area contributed by atoms with E-state index in [1.54, 1.807) is 22.8 Å². The molecule has 2 aromatic heterocycles. The van der Waals surface area contributed by atoms with Gasteiger partial charge in [0, 0.05) is 25.4 Å². The molecule has 162 valence electrons. The van der Waals surface area contributed by atoms with Gasteiger partial charge in [-0.25, -0.2) is 4.68 Å². The molecule has 3 heterocycles. The molecular formula is C25H25N5O2. The Morgan fingerprint density at radius 2 is 2.12 bits per heavy atom. The first-order valence-electron chi connectivity index (χ1n) is 10.9. The molecule has 32 heavy (non-hydrogen) atoms. The summed E-state index contributed by atoms with van der Waals surface area (Å²) < 4.78 is 1.73. The lowest BCUT2D eigenvalue weighted by Crippen LogP contribution is -2.28. The van der Waals surface area contributed by atoms with Crippen molar-refractivity contribution in [1.29, 1.82) is 0 Å². The number of hydrogen-bond acceptors (Lipinski definition) is 4. The third-order valence-electron chi connectivity index (χ3n) is 6.42. The highest BCUT2D eigenvalue weighted by Gasteiger charge is 2.39. The van der Waals surface area contributed by atoms with Crippen LogP contribution in [0.25, 0.3) is 16.6 Å². The summed E-state index contributed by atoms with van der Waals surface area (Å²) in [7, 11) is 1.81. The zero-order chi connectivity index (χ0) is 22.5. The van der Waals surface area contributed by atoms with E-state index >= 15 is 0 Å². The number of nitrogens with zero attached hydrogens (tertiary/aromatic N) is 4. The zero-order valence-corrected chi connectivity index (χ0v) is 18.3. The van der Waals surface area contributed by atoms with Crippen molar-refractivity contribution in [3.8, 4) is 17.5 Å². The Morgan fingerprint density at radius 3 is 2.81 bits per heavy atom. The lowest BCUT2D eigenvalue weighted by molar-refractivity contribution is -0.131. The van der Waals surface area contributed by atoms with Gasteiger partial charge in [0.1, 0.15) is 5.41 Å². The van der Waals surface area contributed by atoms with Crippen LogP contribution in [0.5, 0.6) is 0 Å². The molecule has 0 radical (unpaired) electrons. The maximum atomic E-state index is 12.4. The number of carbonyl (C=O) groups is 2. The van der Waals surface area contributed by atoms with Crippen LogP contribution >= 0.6 is 0 Å². The number of likely N-dealkylation sites (tertiary alicyclic amines) is 1. The maximum absolute atomic E-state index is 12.4. The minimum absolute atomic E-state index is 0.0565. The molecule has 1 atom stereocenters. The predicted molar refractivity (Wildman–Crippen MR) is 121 cm³/mol. The van der Waals surface area contributed by atoms with Gasteiger partial charge in [0.2, 0.25) is 5.91 Å². The molecule has 7 nitrogen and oxygen atoms in total. The molecule has 2 amide bonds. The second-order valence-electron chi connectivity index (χ2n) is 9.03. The Morgan fingerprint density at radius 1 is 1.31 bits per heavy atom. The Labute approximate surface area is 186 Å². The third-order valence-corrected chi connectivity index (χ3v) is 6.42. The van der Waals surface area contributed by atoms with Gasteiger partial charge in [-0.3, -0.25) is 14.6 Å². The van der Waals surface area contributed by atoms with Gasteiger partial charge in [-0.2, -0.15) is 5.10 Å². The van der Waals surface area contributed by atoms with E-state index in [4.69, 9.17) is 5.73 Å². The Hall–Kier alpha value is -3.66. The molecule has 0 unspecified atom stereocenters. The molecule has 5 rings (SSSR count). The van der Waals surface area contributed by atoms with Crippen molar-refractivity contribution in [2.24, 2.45) is 17.1 Å². The number of amides is 2. The summed E-state index contributed by atoms with van der Waals surface area (Å²) >= 11 is 0. The van der Waals surface area contributed by atoms with Crippen molar-refractivity contribution in [2.75, 3.05) is 13.6 Å². The summed E-state index contributed by atoms with van der Waals surface area (Å²) in [5, 5.41) is 5.29. The number of primary amides is 1. The van der Waals surface area contributed by atoms with Crippen LogP contribution in [0.3, 0.4) is 0 Å². The Balaban J connectivity index is 1.56. The monoisotopic (exact) mass is 427 g/mol. The molecule has 2 aliphatic rings. The van der Waals surface area contributed by atoms with Crippen LogP contribution in [0.15, 0.2) is 36.5 Å². The summed E-state index contributed by atoms with van der Waals surface area (Å²) in [4.78, 5) is 30.9. The predicted octanol–water partition coefficient (Wildman–Crippen LogP) is 2.69. The van der Waals surface area contributed by atoms with Crippen LogP contribution in [0.4, 0.5) is 0 Å². The largest absolute Gasteiger partial charge is 0.364 e. The van der Waals surface area contributed by atoms with Gasteiger partial charge >= 0.3 is 0 Å². The van der Waals surface area contributed by atoms with E-state index in [9.17, 15) is 9.59 Å². The molecule has 1 saturated heterocycles. The van der Waals surface area contributed by atoms with Crippen LogP contribution in [0, 0.1) is 23.2 Å². The average molecular weight is 428 g/mol. The lowest BCUT2D eigenvalue weighted by Gasteiger charge is -2.14. The highest BCUT2D eigenvalue weighted by Crippen LogP contribution is 2.35. The molecule has 2 fully saturated rings. The SMILES string of the molecule is CN1CC[C@@](C)(C#Cc2cccc(-n3nc(C(N)=O)c4c(CC5CC5)nccc43)c2)C1=O. The van der Waals surface area contributed by atoms with Gasteiger partial charge in [-0.1, -0.05) is 17.9 Å². The molecular weight excluding hydrogens is 402 g/mol. The summed E-state index contributed by atoms with van der Waals surface area (Å²) in [6.07, 6.45) is 5.69. The second-order valence-corrected chi connectivity index (χ2v) is 9.03. The van der Waals surface area contributed by atoms with E-state index in [1.807, 2.05) is 37.3 Å². The van der Waals surface area contributed by atoms with Crippen molar-refractivity contribution >= 4 is 22.7 Å². The standard InChI is InChI=1S/C25H25N5O2/c1-25(11-13-29(2)24(25)32)10-8-16-4-3-5-18(14-16)30-20-9-12-27-19(15-17-6-7-17)21(20)22(28-30)23(26)31/h3-5,9,12,14,17H,6-7,11,13,15H2,1-2H3,(H2,26,31)/t25-/m1/s1. The van der Waals surface area contributed by atoms with Crippen molar-refractivity contribution in [3.05, 3.63) is 53.5 Å². The van der Waals surface area contributed by atoms with E-state index in [0.29, 0.717) is 5.92 Å². The first-order chi connectivity index (χ1) is 15.4. The Bertz CT molecular complexity index is 1310. The molecule has 1 aliphatic carbocycles. The van der Waals surface area contributed by atoms with Gasteiger partial charge in [-0.05, 0) is 62.8 Å². The molecule has 1 aliphatic heterocycles. The van der Waals surface area contributed by atoms with Crippen LogP contribution in [-0.2, 0) is 11.2 Å². The van der Waals surface area contributed by atoms with E-state index in [2.05, 4.69) is 21.9 Å². The average Bonchev–Trinajstić information content (AvgIpc) is 3.45. The molecule has 0 bridgehead atoms. The van der Waals surface area contributed by atoms with Gasteiger partial charge < -0.3 is 10.6 Å². The normalized spacial score (nSPS) is 20.4. The highest BCUT2D eigenvalue weighted by atomic mass is 16.2. The number of nitrogens with two attached hydrogens (primary N) is 1. The topological polar surface area (TPSA) is 94.1 Å². The van der Waals surface area contributed by atoms with Gasteiger partial charge in [-0.15, -0.1) is 0 Å². The number of aromatic nitrogens is 3. The summed E-state index contributed by atoms with van der Waals surface area (Å²) in [5.41, 5.74) is 8.48. The van der Waals surface area contributed by atoms with Gasteiger partial charge in [0.05, 0.1) is 22.3 Å². The fraction of sp³-hybridized carbons (Fsp3) is 0.360. The van der Waals surface area contributed by atoms with Crippen molar-refractivity contribution in [2.45, 2.75) is 32.6 Å². The highest BCUT2D eigenvalue weighted by molar-refractivity contribution is 6.05. The fourth-order valence-corrected chi connectivity index (χ4v) is 4.31. The first-order valence-corrected chi connectivity index (χ1v) is 10.9. The number of fused-ring (bicyclic) bond motifs is 1. The van der Waals surface area contributed by atoms with Crippen LogP contribution in [0.1, 0.15) is 47.9 Å². The van der Waals surface area contributed by atoms with Crippen LogP contribution < -0.4 is 5.73 Å². The number of pyridine rings is 1. The van der Waals surface area contributed by atoms with Crippen LogP contribution in [-0.4, -0.2) is 45.1 Å². The lowest BCUT2D eigenvalue weighted by atomic mass is 9.89. The quantitative estimate of drug-likeness (QED) is 0.648. The van der Waals surface area contributed by atoms with Gasteiger partial charge in [0.15, 0.2) is 5.69 Å². The van der Waals surface area contributed by atoms with Gasteiger partial charge in [0.25, 0.3) is 5.91 Å². The fourth-order valence-electron chi connectivity index (χ4n) is 4.31. The van der Waals surface area contributed by atoms with Crippen molar-refractivity contribution in [1.82, 2.24) is 19.7 Å². The zero-order valence-electron chi connectivity index (χ0n) is 18.3. The minimum Gasteiger partial charge on any atom is -0.364 e. The first kappa shape index (κ1) is 20.3. The van der Waals surface area contributed by atoms with E-state index < -0.39 is 11.3 Å². The summed E-state index contributed by atoms with van der Waals surface area (Å²) in [6, 6.07) is 9.49. The van der Waals surface area contributed by atoms with E-state index in [-0.39, 0.29) is 11.6 Å². The summed E-state index contributed by atoms with van der Waals surface area (Å²) in [5.74, 6) is 6.46. The van der Waals surface area contributed by atoms with Crippen LogP contribution in [0.2, 0.25) is 0 Å². The van der Waals surface area contributed by atoms with Crippen molar-refractivity contribution < 1.29 is 9.59 Å². The van der Waals surface area contributed by atoms with Crippen molar-refractivity contribution in [3.63, 3.8) is 0 Å². The number of hydrogen-bond donors (Lipinski definition) is 1. The molecule has 3 aromatic rings. The smallest absolute Gasteiger partial charge is 0.269 e.